The van der Waals surface area contributed by atoms with E-state index in [0.29, 0.717) is 36.6 Å². The van der Waals surface area contributed by atoms with Crippen LogP contribution in [0.3, 0.4) is 0 Å². The quantitative estimate of drug-likeness (QED) is 0.572. The van der Waals surface area contributed by atoms with Gasteiger partial charge in [-0.2, -0.15) is 5.10 Å². The van der Waals surface area contributed by atoms with Crippen molar-refractivity contribution in [3.05, 3.63) is 77.1 Å². The van der Waals surface area contributed by atoms with Crippen molar-refractivity contribution in [1.29, 1.82) is 0 Å². The number of benzene rings is 2. The molecule has 0 bridgehead atoms. The highest BCUT2D eigenvalue weighted by Gasteiger charge is 2.54. The van der Waals surface area contributed by atoms with Crippen LogP contribution in [-0.2, 0) is 39.3 Å². The van der Waals surface area contributed by atoms with E-state index in [9.17, 15) is 14.4 Å². The first-order valence-electron chi connectivity index (χ1n) is 11.6. The summed E-state index contributed by atoms with van der Waals surface area (Å²) in [5.41, 5.74) is 2.23. The molecule has 3 aliphatic rings. The molecule has 9 nitrogen and oxygen atoms in total. The Morgan fingerprint density at radius 3 is 2.77 bits per heavy atom. The summed E-state index contributed by atoms with van der Waals surface area (Å²) >= 11 is 0. The molecular weight excluding hydrogens is 448 g/mol. The van der Waals surface area contributed by atoms with Crippen LogP contribution >= 0.6 is 0 Å². The lowest BCUT2D eigenvalue weighted by atomic mass is 9.75. The second kappa shape index (κ2) is 8.26. The van der Waals surface area contributed by atoms with Gasteiger partial charge < -0.3 is 14.4 Å². The minimum atomic E-state index is -1.23. The van der Waals surface area contributed by atoms with Crippen molar-refractivity contribution in [2.75, 3.05) is 13.3 Å². The predicted octanol–water partition coefficient (Wildman–Crippen LogP) is 2.31. The van der Waals surface area contributed by atoms with E-state index in [-0.39, 0.29) is 43.9 Å². The molecule has 3 amide bonds. The zero-order chi connectivity index (χ0) is 24.0. The number of nitrogens with zero attached hydrogens (tertiary/aromatic N) is 3. The fraction of sp³-hybridized carbons (Fsp3) is 0.308. The second-order valence-electron chi connectivity index (χ2n) is 9.21. The summed E-state index contributed by atoms with van der Waals surface area (Å²) in [6.07, 6.45) is 2.31. The molecule has 178 valence electrons. The predicted molar refractivity (Wildman–Crippen MR) is 123 cm³/mol. The molecule has 0 radical (unpaired) electrons. The van der Waals surface area contributed by atoms with E-state index < -0.39 is 5.41 Å². The molecule has 1 atom stereocenters. The molecule has 35 heavy (non-hydrogen) atoms. The number of fused-ring (bicyclic) bond motifs is 2. The molecule has 0 spiro atoms. The highest BCUT2D eigenvalue weighted by atomic mass is 16.7. The summed E-state index contributed by atoms with van der Waals surface area (Å²) in [4.78, 5) is 43.6. The van der Waals surface area contributed by atoms with E-state index in [0.717, 1.165) is 16.8 Å². The Hall–Kier alpha value is -4.14. The van der Waals surface area contributed by atoms with Gasteiger partial charge in [-0.3, -0.25) is 24.4 Å². The van der Waals surface area contributed by atoms with Gasteiger partial charge in [0.25, 0.3) is 0 Å². The fourth-order valence-electron chi connectivity index (χ4n) is 5.21. The van der Waals surface area contributed by atoms with Gasteiger partial charge in [0.1, 0.15) is 0 Å². The molecule has 3 aromatic rings. The minimum absolute atomic E-state index is 0.0447. The van der Waals surface area contributed by atoms with Crippen LogP contribution in [-0.4, -0.2) is 51.1 Å². The number of amides is 3. The number of hydrogen-bond donors (Lipinski definition) is 1. The minimum Gasteiger partial charge on any atom is -0.454 e. The number of imide groups is 1. The molecule has 1 aromatic heterocycles. The van der Waals surface area contributed by atoms with E-state index in [1.165, 1.54) is 4.90 Å². The Labute approximate surface area is 201 Å². The second-order valence-corrected chi connectivity index (χ2v) is 9.21. The van der Waals surface area contributed by atoms with Crippen LogP contribution in [0.15, 0.2) is 54.7 Å². The lowest BCUT2D eigenvalue weighted by molar-refractivity contribution is -0.143. The first kappa shape index (κ1) is 21.4. The average molecular weight is 473 g/mol. The van der Waals surface area contributed by atoms with Gasteiger partial charge in [0.05, 0.1) is 18.2 Å². The van der Waals surface area contributed by atoms with Gasteiger partial charge in [-0.05, 0) is 23.3 Å². The lowest BCUT2D eigenvalue weighted by Gasteiger charge is -2.32. The number of likely N-dealkylation sites (tertiary alicyclic amines) is 1. The third-order valence-corrected chi connectivity index (χ3v) is 7.12. The number of ether oxygens (including phenoxy) is 2. The number of rotatable bonds is 5. The van der Waals surface area contributed by atoms with Crippen molar-refractivity contribution in [2.24, 2.45) is 0 Å². The first-order chi connectivity index (χ1) is 17.0. The van der Waals surface area contributed by atoms with Crippen LogP contribution in [0.25, 0.3) is 0 Å². The number of aromatic amines is 1. The summed E-state index contributed by atoms with van der Waals surface area (Å²) in [6, 6.07) is 14.5. The molecule has 0 aliphatic carbocycles. The molecule has 1 N–H and O–H groups in total. The van der Waals surface area contributed by atoms with Crippen LogP contribution in [0.1, 0.15) is 35.2 Å². The van der Waals surface area contributed by atoms with Crippen molar-refractivity contribution in [1.82, 2.24) is 20.0 Å². The standard InChI is InChI=1S/C26H24N4O5/c31-23(29-9-8-20-18(15-29)13-27-28-20)11-26(19-4-2-1-3-5-19)12-24(32)30(25(26)33)14-17-6-7-21-22(10-17)35-16-34-21/h1-7,10,13H,8-9,11-12,14-16H2,(H,27,28)/t26-/m1/s1. The Balaban J connectivity index is 1.29. The van der Waals surface area contributed by atoms with Crippen molar-refractivity contribution < 1.29 is 23.9 Å². The van der Waals surface area contributed by atoms with Gasteiger partial charge >= 0.3 is 0 Å². The zero-order valence-electron chi connectivity index (χ0n) is 19.0. The van der Waals surface area contributed by atoms with Gasteiger partial charge in [-0.25, -0.2) is 0 Å². The topological polar surface area (TPSA) is 105 Å². The highest BCUT2D eigenvalue weighted by molar-refractivity contribution is 6.10. The van der Waals surface area contributed by atoms with Crippen LogP contribution in [0, 0.1) is 0 Å². The van der Waals surface area contributed by atoms with E-state index in [4.69, 9.17) is 9.47 Å². The lowest BCUT2D eigenvalue weighted by Crippen LogP contribution is -2.44. The smallest absolute Gasteiger partial charge is 0.241 e. The summed E-state index contributed by atoms with van der Waals surface area (Å²) < 4.78 is 10.8. The van der Waals surface area contributed by atoms with Crippen LogP contribution in [0.2, 0.25) is 0 Å². The summed E-state index contributed by atoms with van der Waals surface area (Å²) in [5.74, 6) is 0.446. The zero-order valence-corrected chi connectivity index (χ0v) is 19.0. The number of nitrogens with one attached hydrogen (secondary N) is 1. The number of hydrogen-bond acceptors (Lipinski definition) is 6. The molecular formula is C26H24N4O5. The Morgan fingerprint density at radius 1 is 1.09 bits per heavy atom. The van der Waals surface area contributed by atoms with E-state index in [1.54, 1.807) is 23.2 Å². The average Bonchev–Trinajstić information content (AvgIpc) is 3.59. The summed E-state index contributed by atoms with van der Waals surface area (Å²) in [5, 5.41) is 7.04. The molecule has 3 aliphatic heterocycles. The number of H-pyrrole nitrogens is 1. The largest absolute Gasteiger partial charge is 0.454 e. The normalized spacial score (nSPS) is 20.9. The maximum absolute atomic E-state index is 13.9. The van der Waals surface area contributed by atoms with Crippen LogP contribution < -0.4 is 9.47 Å². The van der Waals surface area contributed by atoms with Gasteiger partial charge in [0, 0.05) is 43.6 Å². The maximum Gasteiger partial charge on any atom is 0.241 e. The van der Waals surface area contributed by atoms with Crippen molar-refractivity contribution >= 4 is 17.7 Å². The Kier molecular flexibility index (Phi) is 5.05. The van der Waals surface area contributed by atoms with Gasteiger partial charge in [0.2, 0.25) is 24.5 Å². The Morgan fingerprint density at radius 2 is 1.91 bits per heavy atom. The Bertz CT molecular complexity index is 1320. The molecule has 6 rings (SSSR count). The maximum atomic E-state index is 13.9. The third kappa shape index (κ3) is 3.63. The molecule has 9 heteroatoms. The molecule has 1 saturated heterocycles. The van der Waals surface area contributed by atoms with Gasteiger partial charge in [-0.1, -0.05) is 36.4 Å². The van der Waals surface area contributed by atoms with Crippen molar-refractivity contribution in [2.45, 2.75) is 37.8 Å². The van der Waals surface area contributed by atoms with Crippen LogP contribution in [0.4, 0.5) is 0 Å². The van der Waals surface area contributed by atoms with Gasteiger partial charge in [0.15, 0.2) is 11.5 Å². The molecule has 0 saturated carbocycles. The monoisotopic (exact) mass is 472 g/mol. The fourth-order valence-corrected chi connectivity index (χ4v) is 5.21. The first-order valence-corrected chi connectivity index (χ1v) is 11.6. The molecule has 1 fully saturated rings. The van der Waals surface area contributed by atoms with E-state index in [1.807, 2.05) is 36.4 Å². The van der Waals surface area contributed by atoms with E-state index in [2.05, 4.69) is 10.2 Å². The van der Waals surface area contributed by atoms with Crippen LogP contribution in [0.5, 0.6) is 11.5 Å². The highest BCUT2D eigenvalue weighted by Crippen LogP contribution is 2.42. The number of aromatic nitrogens is 2. The molecule has 4 heterocycles. The number of carbonyl (C=O) groups excluding carboxylic acids is 3. The number of carbonyl (C=O) groups is 3. The van der Waals surface area contributed by atoms with Crippen molar-refractivity contribution in [3.8, 4) is 11.5 Å². The SMILES string of the molecule is O=C(C[C@]1(c2ccccc2)CC(=O)N(Cc2ccc3c(c2)OCO3)C1=O)N1CCc2[nH]ncc2C1. The van der Waals surface area contributed by atoms with Crippen molar-refractivity contribution in [3.63, 3.8) is 0 Å². The van der Waals surface area contributed by atoms with E-state index >= 15 is 0 Å². The third-order valence-electron chi connectivity index (χ3n) is 7.12. The summed E-state index contributed by atoms with van der Waals surface area (Å²) in [7, 11) is 0. The summed E-state index contributed by atoms with van der Waals surface area (Å²) in [6.45, 7) is 1.25. The molecule has 0 unspecified atom stereocenters. The molecule has 2 aromatic carbocycles. The van der Waals surface area contributed by atoms with Gasteiger partial charge in [-0.15, -0.1) is 0 Å².